The van der Waals surface area contributed by atoms with Gasteiger partial charge >= 0.3 is 14.2 Å². The molecule has 2 aliphatic rings. The van der Waals surface area contributed by atoms with Crippen molar-refractivity contribution in [2.24, 2.45) is 0 Å². The van der Waals surface area contributed by atoms with E-state index < -0.39 is 36.6 Å². The van der Waals surface area contributed by atoms with Gasteiger partial charge in [0.15, 0.2) is 0 Å². The van der Waals surface area contributed by atoms with Crippen LogP contribution < -0.4 is 20.7 Å². The number of anilines is 6. The molecule has 12 heteroatoms. The van der Waals surface area contributed by atoms with E-state index in [2.05, 4.69) is 523 Å². The van der Waals surface area contributed by atoms with Crippen molar-refractivity contribution >= 4 is 130 Å². The quantitative estimate of drug-likeness (QED) is 0.0245. The molecule has 2 aliphatic heterocycles. The Kier molecular flexibility index (Phi) is 34.0. The van der Waals surface area contributed by atoms with E-state index in [4.69, 9.17) is 18.6 Å². The van der Waals surface area contributed by atoms with Crippen molar-refractivity contribution in [1.82, 2.24) is 0 Å². The van der Waals surface area contributed by atoms with Crippen LogP contribution in [0.1, 0.15) is 181 Å². The lowest BCUT2D eigenvalue weighted by Crippen LogP contribution is -2.41. The van der Waals surface area contributed by atoms with Crippen LogP contribution in [0.3, 0.4) is 0 Å². The van der Waals surface area contributed by atoms with Gasteiger partial charge in [-0.1, -0.05) is 351 Å². The van der Waals surface area contributed by atoms with Crippen LogP contribution in [0, 0.1) is 17.4 Å². The Morgan fingerprint density at radius 3 is 0.743 bits per heavy atom. The highest BCUT2D eigenvalue weighted by molar-refractivity contribution is 14.1. The monoisotopic (exact) mass is 2140 g/mol. The van der Waals surface area contributed by atoms with Gasteiger partial charge in [0, 0.05) is 51.1 Å². The molecular weight excluding hydrogens is 2020 g/mol. The lowest BCUT2D eigenvalue weighted by Gasteiger charge is -2.32. The third kappa shape index (κ3) is 24.9. The number of benzene rings is 16. The third-order valence-corrected chi connectivity index (χ3v) is 30.6. The predicted octanol–water partition coefficient (Wildman–Crippen LogP) is 37.3. The fourth-order valence-electron chi connectivity index (χ4n) is 18.8. The number of nitrogens with zero attached hydrogens (tertiary/aromatic N) is 2. The maximum absolute atomic E-state index is 6.43. The molecule has 0 bridgehead atoms. The first-order valence-corrected chi connectivity index (χ1v) is 53.7. The Hall–Kier alpha value is -10.7. The Labute approximate surface area is 874 Å². The number of unbranched alkanes of at least 4 members (excludes halogenated alkanes) is 6. The molecular formula is C128H130B2Br3IN2O4. The maximum Gasteiger partial charge on any atom is 0.494 e. The third-order valence-electron chi connectivity index (χ3n) is 28.3. The molecule has 0 unspecified atom stereocenters. The van der Waals surface area contributed by atoms with Crippen molar-refractivity contribution in [3.8, 4) is 100 Å². The molecule has 0 spiro atoms. The van der Waals surface area contributed by atoms with E-state index in [1.165, 1.54) is 153 Å². The van der Waals surface area contributed by atoms with E-state index in [-0.39, 0.29) is 0 Å². The zero-order valence-electron chi connectivity index (χ0n) is 83.7. The molecule has 0 radical (unpaired) electrons. The molecule has 16 aromatic rings. The van der Waals surface area contributed by atoms with Crippen molar-refractivity contribution in [1.29, 1.82) is 0 Å². The molecule has 0 aliphatic carbocycles. The summed E-state index contributed by atoms with van der Waals surface area (Å²) in [4.78, 5) is 4.86. The molecule has 710 valence electrons. The molecule has 2 saturated heterocycles. The summed E-state index contributed by atoms with van der Waals surface area (Å²) in [6.45, 7) is 30.6. The highest BCUT2D eigenvalue weighted by Crippen LogP contribution is 2.47. The summed E-state index contributed by atoms with van der Waals surface area (Å²) in [5, 5.41) is 0. The van der Waals surface area contributed by atoms with Crippen LogP contribution in [0.2, 0.25) is 0 Å². The first-order chi connectivity index (χ1) is 67.6. The van der Waals surface area contributed by atoms with E-state index in [1.54, 1.807) is 0 Å². The van der Waals surface area contributed by atoms with Crippen molar-refractivity contribution in [2.45, 2.75) is 209 Å². The summed E-state index contributed by atoms with van der Waals surface area (Å²) >= 11 is 12.9. The second-order valence-corrected chi connectivity index (χ2v) is 43.6. The fourth-order valence-corrected chi connectivity index (χ4v) is 20.0. The zero-order chi connectivity index (χ0) is 98.2. The van der Waals surface area contributed by atoms with Crippen LogP contribution in [0.25, 0.3) is 100 Å². The van der Waals surface area contributed by atoms with Gasteiger partial charge in [-0.15, -0.1) is 0 Å². The minimum atomic E-state index is -0.405. The van der Waals surface area contributed by atoms with Gasteiger partial charge in [-0.2, -0.15) is 0 Å². The van der Waals surface area contributed by atoms with Gasteiger partial charge in [0.2, 0.25) is 0 Å². The first kappa shape index (κ1) is 102. The second kappa shape index (κ2) is 46.5. The average molecular weight is 2150 g/mol. The van der Waals surface area contributed by atoms with Gasteiger partial charge in [-0.25, -0.2) is 0 Å². The van der Waals surface area contributed by atoms with E-state index in [9.17, 15) is 0 Å². The summed E-state index contributed by atoms with van der Waals surface area (Å²) in [6, 6.07) is 134. The number of halogens is 4. The van der Waals surface area contributed by atoms with Gasteiger partial charge in [-0.05, 0) is 414 Å². The molecule has 6 nitrogen and oxygen atoms in total. The van der Waals surface area contributed by atoms with Crippen LogP contribution in [0.15, 0.2) is 377 Å². The number of hydrogen-bond acceptors (Lipinski definition) is 6. The lowest BCUT2D eigenvalue weighted by atomic mass is 9.78. The lowest BCUT2D eigenvalue weighted by molar-refractivity contribution is 0.00578. The maximum atomic E-state index is 6.43. The molecule has 2 fully saturated rings. The Morgan fingerprint density at radius 1 is 0.243 bits per heavy atom. The van der Waals surface area contributed by atoms with E-state index in [1.807, 2.05) is 18.2 Å². The fraction of sp³-hybridized carbons (Fsp3) is 0.250. The summed E-state index contributed by atoms with van der Waals surface area (Å²) in [7, 11) is -0.811. The van der Waals surface area contributed by atoms with Crippen LogP contribution in [-0.4, -0.2) is 36.6 Å². The highest BCUT2D eigenvalue weighted by atomic mass is 127. The Morgan fingerprint density at radius 2 is 0.493 bits per heavy atom. The van der Waals surface area contributed by atoms with Gasteiger partial charge in [0.1, 0.15) is 0 Å². The van der Waals surface area contributed by atoms with E-state index in [0.29, 0.717) is 0 Å². The number of rotatable bonds is 31. The Balaban J connectivity index is 0.000000345. The van der Waals surface area contributed by atoms with Gasteiger partial charge in [-0.3, -0.25) is 0 Å². The van der Waals surface area contributed by atoms with Crippen molar-refractivity contribution in [3.63, 3.8) is 0 Å². The smallest absolute Gasteiger partial charge is 0.399 e. The Bertz CT molecular complexity index is 6310. The minimum absolute atomic E-state index is 0.402. The largest absolute Gasteiger partial charge is 0.494 e. The van der Waals surface area contributed by atoms with E-state index >= 15 is 0 Å². The molecule has 0 aromatic heterocycles. The molecule has 140 heavy (non-hydrogen) atoms. The van der Waals surface area contributed by atoms with Crippen LogP contribution in [0.4, 0.5) is 34.1 Å². The summed E-state index contributed by atoms with van der Waals surface area (Å²) in [6.07, 6.45) is 16.0. The highest BCUT2D eigenvalue weighted by Gasteiger charge is 2.53. The first-order valence-electron chi connectivity index (χ1n) is 50.2. The molecule has 0 amide bonds. The van der Waals surface area contributed by atoms with Gasteiger partial charge in [0.05, 0.1) is 22.4 Å². The molecule has 0 N–H and O–H groups in total. The summed E-state index contributed by atoms with van der Waals surface area (Å²) < 4.78 is 30.3. The SMILES string of the molecule is Brc1ccc(-c2cc(-c3ccc(Br)cc3)cc(-c3ccc(Br)cc3)c2)cc1.CCCCCCc1cc(-c2ccc(N(c3ccc(-c4ccc(CCC)cc4)cc3)c3ccc(-c4ccc(B5OC(C)(C)C(C)(C)O5)cc4)cc3)cc2C)c(CCCCCC)cc1-c1ccc(N(c2ccc(-c3ccc(CCC)cc3)cc2)c2ccc(-c3ccc(B4OC(C)(C)C(C)(C)O4)cc3)cc2)cc1C.Ic1ccccc1. The standard InChI is InChI=1S/C98H110B2N2O4.C24H15Br3.C6H5I/c1-15-19-21-23-27-81-67-94(92-64-62-90(66-70(92)6)102(86-55-43-78(44-56-86)74-35-31-72(26-18-4)32-36-74)88-59-47-80(48-60-88)76-39-51-84(52-40-76)100-105-97(11,12)98(13,14)106-100)82(28-24-22-20-16-2)68-93(81)91-63-61-89(65-69(91)5)101(85-53-41-77(42-54-85)73-33-29-71(25-17-3)30-34-73)87-57-45-79(46-58-87)75-37-49-83(50-38-75)99-103-95(7,8)96(9,10)104-99;25-22-7-1-16(2-8-22)19-13-20(17-3-9-23(26)10-4-17)15-21(14-19)18-5-11-24(27)12-6-18;7-6-4-2-1-3-5-6/h29-68H,15-28H2,1-14H3;1-15H;1-5H. The molecule has 16 aromatic carbocycles. The second-order valence-electron chi connectivity index (χ2n) is 39.6. The minimum Gasteiger partial charge on any atom is -0.399 e. The van der Waals surface area contributed by atoms with Gasteiger partial charge < -0.3 is 28.4 Å². The molecule has 0 atom stereocenters. The molecule has 18 rings (SSSR count). The zero-order valence-corrected chi connectivity index (χ0v) is 90.6. The number of hydrogen-bond donors (Lipinski definition) is 0. The van der Waals surface area contributed by atoms with E-state index in [0.717, 1.165) is 132 Å². The molecule has 2 heterocycles. The van der Waals surface area contributed by atoms with Crippen LogP contribution >= 0.6 is 70.4 Å². The predicted molar refractivity (Wildman–Crippen MR) is 618 cm³/mol. The van der Waals surface area contributed by atoms with Crippen molar-refractivity contribution in [2.75, 3.05) is 9.80 Å². The van der Waals surface area contributed by atoms with Crippen molar-refractivity contribution < 1.29 is 18.6 Å². The van der Waals surface area contributed by atoms with Crippen LogP contribution in [-0.2, 0) is 44.3 Å². The van der Waals surface area contributed by atoms with Crippen LogP contribution in [0.5, 0.6) is 0 Å². The average Bonchev–Trinajstić information content (AvgIpc) is 1.44. The summed E-state index contributed by atoms with van der Waals surface area (Å²) in [5.41, 5.74) is 37.2. The normalized spacial score (nSPS) is 13.8. The summed E-state index contributed by atoms with van der Waals surface area (Å²) in [5.74, 6) is 0. The number of aryl methyl sites for hydroxylation is 6. The van der Waals surface area contributed by atoms with Gasteiger partial charge in [0.25, 0.3) is 0 Å². The molecule has 0 saturated carbocycles. The topological polar surface area (TPSA) is 43.4 Å². The van der Waals surface area contributed by atoms with Crippen molar-refractivity contribution in [3.05, 3.63) is 414 Å².